The Kier molecular flexibility index (Phi) is 4.56. The number of nitrogens with one attached hydrogen (secondary N) is 1. The predicted molar refractivity (Wildman–Crippen MR) is 86.7 cm³/mol. The van der Waals surface area contributed by atoms with E-state index in [9.17, 15) is 4.79 Å². The Morgan fingerprint density at radius 1 is 1.23 bits per heavy atom. The first kappa shape index (κ1) is 14.8. The first-order chi connectivity index (χ1) is 10.7. The smallest absolute Gasteiger partial charge is 0.223 e. The third-order valence-corrected chi connectivity index (χ3v) is 4.39. The molecule has 1 heterocycles. The molecule has 3 rings (SSSR count). The van der Waals surface area contributed by atoms with E-state index in [4.69, 9.17) is 0 Å². The lowest BCUT2D eigenvalue weighted by Gasteiger charge is -2.20. The van der Waals surface area contributed by atoms with E-state index in [0.29, 0.717) is 6.54 Å². The highest BCUT2D eigenvalue weighted by Crippen LogP contribution is 2.23. The first-order valence-electron chi connectivity index (χ1n) is 8.10. The second-order valence-electron chi connectivity index (χ2n) is 6.14. The van der Waals surface area contributed by atoms with Gasteiger partial charge in [-0.15, -0.1) is 0 Å². The lowest BCUT2D eigenvalue weighted by atomic mass is 9.88. The largest absolute Gasteiger partial charge is 0.352 e. The molecule has 0 atom stereocenters. The fourth-order valence-electron chi connectivity index (χ4n) is 3.05. The average Bonchev–Trinajstić information content (AvgIpc) is 3.00. The number of hydrogen-bond donors (Lipinski definition) is 1. The van der Waals surface area contributed by atoms with E-state index in [0.717, 1.165) is 29.8 Å². The standard InChI is InChI=1S/C18H23N3O/c1-14-12-21(13-20-14)17-9-7-15(8-10-17)11-19-18(22)16-5-3-2-4-6-16/h7-10,12-13,16H,2-6,11H2,1H3,(H,19,22). The minimum Gasteiger partial charge on any atom is -0.352 e. The van der Waals surface area contributed by atoms with Crippen LogP contribution in [0, 0.1) is 12.8 Å². The Labute approximate surface area is 131 Å². The van der Waals surface area contributed by atoms with Gasteiger partial charge in [0.15, 0.2) is 0 Å². The van der Waals surface area contributed by atoms with Crippen molar-refractivity contribution in [3.63, 3.8) is 0 Å². The maximum atomic E-state index is 12.1. The van der Waals surface area contributed by atoms with Crippen molar-refractivity contribution < 1.29 is 4.79 Å². The molecule has 1 aliphatic carbocycles. The van der Waals surface area contributed by atoms with Crippen LogP contribution < -0.4 is 5.32 Å². The molecule has 0 spiro atoms. The number of nitrogens with zero attached hydrogens (tertiary/aromatic N) is 2. The van der Waals surface area contributed by atoms with E-state index in [2.05, 4.69) is 34.6 Å². The van der Waals surface area contributed by atoms with Crippen LogP contribution in [0.4, 0.5) is 0 Å². The summed E-state index contributed by atoms with van der Waals surface area (Å²) < 4.78 is 2.00. The molecule has 0 unspecified atom stereocenters. The topological polar surface area (TPSA) is 46.9 Å². The Bertz CT molecular complexity index is 624. The fourth-order valence-corrected chi connectivity index (χ4v) is 3.05. The molecular weight excluding hydrogens is 274 g/mol. The zero-order valence-corrected chi connectivity index (χ0v) is 13.1. The molecule has 22 heavy (non-hydrogen) atoms. The summed E-state index contributed by atoms with van der Waals surface area (Å²) >= 11 is 0. The highest BCUT2D eigenvalue weighted by molar-refractivity contribution is 5.78. The summed E-state index contributed by atoms with van der Waals surface area (Å²) in [5, 5.41) is 3.07. The molecule has 4 heteroatoms. The molecule has 0 bridgehead atoms. The van der Waals surface area contributed by atoms with Gasteiger partial charge in [-0.2, -0.15) is 0 Å². The molecule has 1 N–H and O–H groups in total. The summed E-state index contributed by atoms with van der Waals surface area (Å²) in [5.41, 5.74) is 3.22. The van der Waals surface area contributed by atoms with E-state index >= 15 is 0 Å². The van der Waals surface area contributed by atoms with Gasteiger partial charge in [-0.25, -0.2) is 4.98 Å². The summed E-state index contributed by atoms with van der Waals surface area (Å²) in [7, 11) is 0. The monoisotopic (exact) mass is 297 g/mol. The van der Waals surface area contributed by atoms with Crippen LogP contribution in [0.5, 0.6) is 0 Å². The number of carbonyl (C=O) groups excluding carboxylic acids is 1. The summed E-state index contributed by atoms with van der Waals surface area (Å²) in [6, 6.07) is 8.24. The molecule has 1 fully saturated rings. The number of amides is 1. The molecule has 4 nitrogen and oxygen atoms in total. The van der Waals surface area contributed by atoms with Crippen molar-refractivity contribution >= 4 is 5.91 Å². The Morgan fingerprint density at radius 3 is 2.59 bits per heavy atom. The van der Waals surface area contributed by atoms with E-state index in [-0.39, 0.29) is 11.8 Å². The minimum atomic E-state index is 0.217. The zero-order valence-electron chi connectivity index (χ0n) is 13.1. The highest BCUT2D eigenvalue weighted by atomic mass is 16.1. The summed E-state index contributed by atoms with van der Waals surface area (Å²) in [6.07, 6.45) is 9.57. The third kappa shape index (κ3) is 3.56. The molecule has 116 valence electrons. The molecular formula is C18H23N3O. The van der Waals surface area contributed by atoms with Crippen LogP contribution in [0.3, 0.4) is 0 Å². The van der Waals surface area contributed by atoms with Crippen LogP contribution in [0.15, 0.2) is 36.8 Å². The average molecular weight is 297 g/mol. The van der Waals surface area contributed by atoms with Gasteiger partial charge in [0.1, 0.15) is 0 Å². The maximum Gasteiger partial charge on any atom is 0.223 e. The number of carbonyl (C=O) groups is 1. The van der Waals surface area contributed by atoms with Gasteiger partial charge in [0.25, 0.3) is 0 Å². The van der Waals surface area contributed by atoms with Crippen molar-refractivity contribution in [3.05, 3.63) is 48.0 Å². The summed E-state index contributed by atoms with van der Waals surface area (Å²) in [4.78, 5) is 16.4. The normalized spacial score (nSPS) is 15.7. The van der Waals surface area contributed by atoms with Crippen LogP contribution in [0.2, 0.25) is 0 Å². The van der Waals surface area contributed by atoms with Crippen molar-refractivity contribution in [1.29, 1.82) is 0 Å². The predicted octanol–water partition coefficient (Wildman–Crippen LogP) is 3.38. The highest BCUT2D eigenvalue weighted by Gasteiger charge is 2.20. The van der Waals surface area contributed by atoms with Gasteiger partial charge in [-0.1, -0.05) is 31.4 Å². The molecule has 1 saturated carbocycles. The van der Waals surface area contributed by atoms with E-state index < -0.39 is 0 Å². The van der Waals surface area contributed by atoms with Crippen LogP contribution in [0.1, 0.15) is 43.4 Å². The lowest BCUT2D eigenvalue weighted by Crippen LogP contribution is -2.31. The molecule has 0 saturated heterocycles. The maximum absolute atomic E-state index is 12.1. The van der Waals surface area contributed by atoms with Gasteiger partial charge in [0, 0.05) is 24.3 Å². The second-order valence-corrected chi connectivity index (χ2v) is 6.14. The summed E-state index contributed by atoms with van der Waals surface area (Å²) in [6.45, 7) is 2.59. The van der Waals surface area contributed by atoms with Gasteiger partial charge in [-0.05, 0) is 37.5 Å². The van der Waals surface area contributed by atoms with Crippen LogP contribution in [-0.4, -0.2) is 15.5 Å². The van der Waals surface area contributed by atoms with Crippen molar-refractivity contribution in [2.45, 2.75) is 45.6 Å². The molecule has 1 aromatic carbocycles. The number of aromatic nitrogens is 2. The molecule has 0 radical (unpaired) electrons. The number of imidazole rings is 1. The van der Waals surface area contributed by atoms with Crippen LogP contribution in [-0.2, 0) is 11.3 Å². The van der Waals surface area contributed by atoms with Crippen LogP contribution in [0.25, 0.3) is 5.69 Å². The zero-order chi connectivity index (χ0) is 15.4. The van der Waals surface area contributed by atoms with E-state index in [1.807, 2.05) is 24.0 Å². The quantitative estimate of drug-likeness (QED) is 0.940. The number of benzene rings is 1. The number of hydrogen-bond acceptors (Lipinski definition) is 2. The van der Waals surface area contributed by atoms with Crippen molar-refractivity contribution in [3.8, 4) is 5.69 Å². The van der Waals surface area contributed by atoms with Gasteiger partial charge in [0.2, 0.25) is 5.91 Å². The molecule has 1 aromatic heterocycles. The molecule has 2 aromatic rings. The minimum absolute atomic E-state index is 0.217. The number of rotatable bonds is 4. The second kappa shape index (κ2) is 6.77. The first-order valence-corrected chi connectivity index (χ1v) is 8.10. The Hall–Kier alpha value is -2.10. The number of aryl methyl sites for hydroxylation is 1. The fraction of sp³-hybridized carbons (Fsp3) is 0.444. The SMILES string of the molecule is Cc1cn(-c2ccc(CNC(=O)C3CCCCC3)cc2)cn1. The van der Waals surface area contributed by atoms with Crippen LogP contribution >= 0.6 is 0 Å². The van der Waals surface area contributed by atoms with E-state index in [1.165, 1.54) is 19.3 Å². The molecule has 1 amide bonds. The van der Waals surface area contributed by atoms with Gasteiger partial charge < -0.3 is 9.88 Å². The van der Waals surface area contributed by atoms with Gasteiger partial charge >= 0.3 is 0 Å². The van der Waals surface area contributed by atoms with Crippen molar-refractivity contribution in [1.82, 2.24) is 14.9 Å². The van der Waals surface area contributed by atoms with Gasteiger partial charge in [-0.3, -0.25) is 4.79 Å². The summed E-state index contributed by atoms with van der Waals surface area (Å²) in [5.74, 6) is 0.441. The van der Waals surface area contributed by atoms with Gasteiger partial charge in [0.05, 0.1) is 12.0 Å². The lowest BCUT2D eigenvalue weighted by molar-refractivity contribution is -0.126. The van der Waals surface area contributed by atoms with Crippen molar-refractivity contribution in [2.75, 3.05) is 0 Å². The van der Waals surface area contributed by atoms with E-state index in [1.54, 1.807) is 0 Å². The van der Waals surface area contributed by atoms with Crippen molar-refractivity contribution in [2.24, 2.45) is 5.92 Å². The third-order valence-electron chi connectivity index (χ3n) is 4.39. The Morgan fingerprint density at radius 2 is 1.95 bits per heavy atom. The Balaban J connectivity index is 1.56. The molecule has 1 aliphatic rings. The molecule has 0 aliphatic heterocycles.